The molecule has 0 bridgehead atoms. The van der Waals surface area contributed by atoms with Crippen LogP contribution in [-0.4, -0.2) is 6.61 Å². The highest BCUT2D eigenvalue weighted by Gasteiger charge is 1.72. The van der Waals surface area contributed by atoms with Crippen molar-refractivity contribution in [3.05, 3.63) is 25.0 Å². The molecular weight excluding hydrogens is 112 g/mol. The third kappa shape index (κ3) is 7.28. The van der Waals surface area contributed by atoms with Gasteiger partial charge >= 0.3 is 0 Å². The lowest BCUT2D eigenvalue weighted by Gasteiger charge is -1.91. The summed E-state index contributed by atoms with van der Waals surface area (Å²) in [5, 5.41) is 0. The molecule has 0 amide bonds. The molecule has 0 saturated carbocycles. The van der Waals surface area contributed by atoms with Gasteiger partial charge < -0.3 is 4.74 Å². The van der Waals surface area contributed by atoms with Gasteiger partial charge in [0.2, 0.25) is 0 Å². The molecule has 0 aliphatic heterocycles. The van der Waals surface area contributed by atoms with E-state index < -0.39 is 0 Å². The molecule has 0 spiro atoms. The van der Waals surface area contributed by atoms with Gasteiger partial charge in [-0.15, -0.1) is 0 Å². The molecule has 0 aliphatic carbocycles. The molecule has 0 unspecified atom stereocenters. The van der Waals surface area contributed by atoms with E-state index >= 15 is 0 Å². The van der Waals surface area contributed by atoms with Gasteiger partial charge in [0.25, 0.3) is 0 Å². The minimum absolute atomic E-state index is 0.611. The van der Waals surface area contributed by atoms with E-state index in [-0.39, 0.29) is 0 Å². The number of hydrogen-bond donors (Lipinski definition) is 0. The zero-order valence-electron chi connectivity index (χ0n) is 5.97. The van der Waals surface area contributed by atoms with E-state index in [4.69, 9.17) is 4.74 Å². The Labute approximate surface area is 57.0 Å². The smallest absolute Gasteiger partial charge is 0.105 e. The van der Waals surface area contributed by atoms with Crippen molar-refractivity contribution >= 4 is 0 Å². The van der Waals surface area contributed by atoms with Crippen LogP contribution in [0.15, 0.2) is 25.0 Å². The van der Waals surface area contributed by atoms with E-state index in [9.17, 15) is 0 Å². The van der Waals surface area contributed by atoms with Crippen LogP contribution in [0, 0.1) is 0 Å². The fourth-order valence-corrected chi connectivity index (χ4v) is 0.426. The summed E-state index contributed by atoms with van der Waals surface area (Å²) in [7, 11) is 0. The molecule has 0 rings (SSSR count). The Kier molecular flexibility index (Phi) is 6.70. The van der Waals surface area contributed by atoms with Crippen molar-refractivity contribution in [3.8, 4) is 0 Å². The van der Waals surface area contributed by atoms with Gasteiger partial charge in [-0.3, -0.25) is 0 Å². The number of hydrogen-bond acceptors (Lipinski definition) is 1. The Morgan fingerprint density at radius 3 is 2.89 bits per heavy atom. The van der Waals surface area contributed by atoms with Crippen LogP contribution in [0.3, 0.4) is 0 Å². The highest BCUT2D eigenvalue weighted by atomic mass is 16.5. The van der Waals surface area contributed by atoms with Crippen molar-refractivity contribution in [2.45, 2.75) is 19.8 Å². The van der Waals surface area contributed by atoms with Crippen molar-refractivity contribution in [3.63, 3.8) is 0 Å². The maximum atomic E-state index is 4.99. The van der Waals surface area contributed by atoms with Crippen molar-refractivity contribution < 1.29 is 4.74 Å². The molecule has 0 aromatic rings. The van der Waals surface area contributed by atoms with Crippen LogP contribution in [0.1, 0.15) is 19.8 Å². The van der Waals surface area contributed by atoms with E-state index in [0.29, 0.717) is 6.61 Å². The summed E-state index contributed by atoms with van der Waals surface area (Å²) in [5.74, 6) is 0. The fraction of sp³-hybridized carbons (Fsp3) is 0.500. The number of ether oxygens (including phenoxy) is 1. The predicted octanol–water partition coefficient (Wildman–Crippen LogP) is 2.50. The molecular formula is C8H14O. The Morgan fingerprint density at radius 2 is 2.33 bits per heavy atom. The summed E-state index contributed by atoms with van der Waals surface area (Å²) in [6.45, 7) is 6.27. The standard InChI is InChI=1S/C8H14O/c1-3-5-6-8-9-7-4-2/h4,6,8H,2-3,5,7H2,1H3. The summed E-state index contributed by atoms with van der Waals surface area (Å²) < 4.78 is 4.99. The lowest BCUT2D eigenvalue weighted by atomic mass is 10.3. The molecule has 0 aliphatic rings. The predicted molar refractivity (Wildman–Crippen MR) is 40.2 cm³/mol. The van der Waals surface area contributed by atoms with Gasteiger partial charge in [0, 0.05) is 0 Å². The lowest BCUT2D eigenvalue weighted by molar-refractivity contribution is 0.288. The molecule has 0 atom stereocenters. The molecule has 9 heavy (non-hydrogen) atoms. The second-order valence-electron chi connectivity index (χ2n) is 1.78. The number of allylic oxidation sites excluding steroid dienone is 1. The Balaban J connectivity index is 2.94. The summed E-state index contributed by atoms with van der Waals surface area (Å²) >= 11 is 0. The van der Waals surface area contributed by atoms with Crippen LogP contribution in [-0.2, 0) is 4.74 Å². The Bertz CT molecular complexity index is 84.6. The van der Waals surface area contributed by atoms with Crippen LogP contribution in [0.5, 0.6) is 0 Å². The van der Waals surface area contributed by atoms with E-state index in [1.165, 1.54) is 6.42 Å². The first-order valence-corrected chi connectivity index (χ1v) is 3.29. The maximum Gasteiger partial charge on any atom is 0.105 e. The Morgan fingerprint density at radius 1 is 1.56 bits per heavy atom. The summed E-state index contributed by atoms with van der Waals surface area (Å²) in [6.07, 6.45) is 7.75. The monoisotopic (exact) mass is 126 g/mol. The molecule has 1 heteroatoms. The third-order valence-corrected chi connectivity index (χ3v) is 0.862. The fourth-order valence-electron chi connectivity index (χ4n) is 0.426. The first-order valence-electron chi connectivity index (χ1n) is 3.29. The van der Waals surface area contributed by atoms with Gasteiger partial charge in [0.05, 0.1) is 6.26 Å². The van der Waals surface area contributed by atoms with Crippen LogP contribution in [0.2, 0.25) is 0 Å². The highest BCUT2D eigenvalue weighted by molar-refractivity contribution is 4.74. The molecule has 0 fully saturated rings. The SMILES string of the molecule is C=CCOC=CCCC. The summed E-state index contributed by atoms with van der Waals surface area (Å²) in [4.78, 5) is 0. The third-order valence-electron chi connectivity index (χ3n) is 0.862. The van der Waals surface area contributed by atoms with Crippen molar-refractivity contribution in [2.24, 2.45) is 0 Å². The molecule has 0 radical (unpaired) electrons. The Hall–Kier alpha value is -0.720. The second kappa shape index (κ2) is 7.28. The van der Waals surface area contributed by atoms with E-state index in [1.807, 2.05) is 6.08 Å². The van der Waals surface area contributed by atoms with Gasteiger partial charge in [-0.1, -0.05) is 26.0 Å². The molecule has 0 heterocycles. The maximum absolute atomic E-state index is 4.99. The van der Waals surface area contributed by atoms with Crippen molar-refractivity contribution in [2.75, 3.05) is 6.61 Å². The van der Waals surface area contributed by atoms with Crippen LogP contribution in [0.4, 0.5) is 0 Å². The molecule has 1 nitrogen and oxygen atoms in total. The minimum atomic E-state index is 0.611. The minimum Gasteiger partial charge on any atom is -0.497 e. The van der Waals surface area contributed by atoms with Crippen LogP contribution in [0.25, 0.3) is 0 Å². The number of rotatable bonds is 5. The van der Waals surface area contributed by atoms with E-state index in [1.54, 1.807) is 12.3 Å². The van der Waals surface area contributed by atoms with Crippen molar-refractivity contribution in [1.82, 2.24) is 0 Å². The van der Waals surface area contributed by atoms with Crippen molar-refractivity contribution in [1.29, 1.82) is 0 Å². The largest absolute Gasteiger partial charge is 0.497 e. The second-order valence-corrected chi connectivity index (χ2v) is 1.78. The highest BCUT2D eigenvalue weighted by Crippen LogP contribution is 1.88. The van der Waals surface area contributed by atoms with Crippen LogP contribution >= 0.6 is 0 Å². The van der Waals surface area contributed by atoms with Gasteiger partial charge in [0.1, 0.15) is 6.61 Å². The average Bonchev–Trinajstić information content (AvgIpc) is 1.89. The first-order chi connectivity index (χ1) is 4.41. The zero-order valence-corrected chi connectivity index (χ0v) is 5.97. The molecule has 52 valence electrons. The number of unbranched alkanes of at least 4 members (excludes halogenated alkanes) is 1. The summed E-state index contributed by atoms with van der Waals surface area (Å²) in [5.41, 5.74) is 0. The van der Waals surface area contributed by atoms with E-state index in [2.05, 4.69) is 13.5 Å². The molecule has 0 aromatic carbocycles. The van der Waals surface area contributed by atoms with E-state index in [0.717, 1.165) is 6.42 Å². The summed E-state index contributed by atoms with van der Waals surface area (Å²) in [6, 6.07) is 0. The first kappa shape index (κ1) is 8.28. The topological polar surface area (TPSA) is 9.23 Å². The normalized spacial score (nSPS) is 9.89. The van der Waals surface area contributed by atoms with Gasteiger partial charge in [0.15, 0.2) is 0 Å². The molecule has 0 N–H and O–H groups in total. The average molecular weight is 126 g/mol. The van der Waals surface area contributed by atoms with Gasteiger partial charge in [-0.25, -0.2) is 0 Å². The molecule has 0 saturated heterocycles. The zero-order chi connectivity index (χ0) is 6.95. The molecule has 0 aromatic heterocycles. The van der Waals surface area contributed by atoms with Gasteiger partial charge in [-0.2, -0.15) is 0 Å². The lowest BCUT2D eigenvalue weighted by Crippen LogP contribution is -1.77. The van der Waals surface area contributed by atoms with Crippen LogP contribution < -0.4 is 0 Å². The quantitative estimate of drug-likeness (QED) is 0.312. The van der Waals surface area contributed by atoms with Gasteiger partial charge in [-0.05, 0) is 12.5 Å².